The van der Waals surface area contributed by atoms with Crippen molar-refractivity contribution in [3.05, 3.63) is 12.2 Å². The molecule has 0 unspecified atom stereocenters. The summed E-state index contributed by atoms with van der Waals surface area (Å²) in [7, 11) is 2.86. The maximum atomic E-state index is 13.1. The summed E-state index contributed by atoms with van der Waals surface area (Å²) in [6, 6.07) is 0. The summed E-state index contributed by atoms with van der Waals surface area (Å²) in [5.74, 6) is 0.962. The highest BCUT2D eigenvalue weighted by atomic mass is 32.2. The predicted octanol–water partition coefficient (Wildman–Crippen LogP) is 4.09. The highest BCUT2D eigenvalue weighted by molar-refractivity contribution is 8.02. The van der Waals surface area contributed by atoms with Crippen molar-refractivity contribution >= 4 is 23.7 Å². The van der Waals surface area contributed by atoms with Crippen molar-refractivity contribution in [2.75, 3.05) is 14.2 Å². The fourth-order valence-electron chi connectivity index (χ4n) is 5.47. The molecule has 0 aromatic heterocycles. The van der Waals surface area contributed by atoms with Crippen LogP contribution in [0.1, 0.15) is 46.5 Å². The molecule has 0 N–H and O–H groups in total. The standard InChI is InChI=1S/C21H32O4S/c1-12(2)16-9-6-13(3)10-17(16)26-21(20(23)25-5)15-8-7-14(11-15)18(21)19(22)24-4/h7-8,12-18H,6,9-11H2,1-5H3/t13-,14+,15-,16+,17-,18+,21+/m0/s1. The molecule has 5 heteroatoms. The van der Waals surface area contributed by atoms with E-state index in [4.69, 9.17) is 9.47 Å². The number of carbonyl (C=O) groups is 2. The van der Waals surface area contributed by atoms with E-state index in [2.05, 4.69) is 32.9 Å². The van der Waals surface area contributed by atoms with Gasteiger partial charge in [0.15, 0.2) is 0 Å². The van der Waals surface area contributed by atoms with Gasteiger partial charge in [0.2, 0.25) is 0 Å². The first kappa shape index (κ1) is 19.8. The van der Waals surface area contributed by atoms with Gasteiger partial charge in [-0.15, -0.1) is 11.8 Å². The fourth-order valence-corrected chi connectivity index (χ4v) is 7.96. The Morgan fingerprint density at radius 2 is 1.85 bits per heavy atom. The minimum atomic E-state index is -0.837. The zero-order valence-electron chi connectivity index (χ0n) is 16.6. The summed E-state index contributed by atoms with van der Waals surface area (Å²) in [5.41, 5.74) is 0. The largest absolute Gasteiger partial charge is 0.469 e. The molecule has 0 saturated heterocycles. The van der Waals surface area contributed by atoms with Gasteiger partial charge in [0.05, 0.1) is 20.1 Å². The van der Waals surface area contributed by atoms with E-state index in [0.29, 0.717) is 23.0 Å². The maximum Gasteiger partial charge on any atom is 0.323 e. The summed E-state index contributed by atoms with van der Waals surface area (Å²) < 4.78 is 9.57. The SMILES string of the molecule is COC(=O)[C@H]1[C@@H]2C=C[C@@H](C2)[C@]1(S[C@H]1C[C@@H](C)CC[C@@H]1C(C)C)C(=O)OC. The van der Waals surface area contributed by atoms with Gasteiger partial charge in [-0.3, -0.25) is 9.59 Å². The predicted molar refractivity (Wildman–Crippen MR) is 104 cm³/mol. The second-order valence-corrected chi connectivity index (χ2v) is 10.2. The molecule has 2 bridgehead atoms. The summed E-state index contributed by atoms with van der Waals surface area (Å²) in [5, 5.41) is 0.373. The topological polar surface area (TPSA) is 52.6 Å². The summed E-state index contributed by atoms with van der Waals surface area (Å²) in [4.78, 5) is 25.8. The van der Waals surface area contributed by atoms with Gasteiger partial charge in [0.25, 0.3) is 0 Å². The minimum absolute atomic E-state index is 0.0547. The number of hydrogen-bond donors (Lipinski definition) is 0. The van der Waals surface area contributed by atoms with E-state index in [0.717, 1.165) is 12.8 Å². The minimum Gasteiger partial charge on any atom is -0.469 e. The Balaban J connectivity index is 1.98. The number of carbonyl (C=O) groups excluding carboxylic acids is 2. The van der Waals surface area contributed by atoms with Crippen molar-refractivity contribution < 1.29 is 19.1 Å². The third kappa shape index (κ3) is 3.10. The zero-order valence-corrected chi connectivity index (χ0v) is 17.4. The molecule has 0 aliphatic heterocycles. The highest BCUT2D eigenvalue weighted by Crippen LogP contribution is 2.61. The second-order valence-electron chi connectivity index (χ2n) is 8.66. The van der Waals surface area contributed by atoms with Gasteiger partial charge in [-0.1, -0.05) is 39.3 Å². The number of thioether (sulfide) groups is 1. The zero-order chi connectivity index (χ0) is 19.1. The average Bonchev–Trinajstić information content (AvgIpc) is 3.20. The van der Waals surface area contributed by atoms with Crippen LogP contribution in [0.4, 0.5) is 0 Å². The molecular weight excluding hydrogens is 348 g/mol. The van der Waals surface area contributed by atoms with Crippen LogP contribution in [0.2, 0.25) is 0 Å². The molecule has 146 valence electrons. The Morgan fingerprint density at radius 3 is 2.46 bits per heavy atom. The van der Waals surface area contributed by atoms with Crippen LogP contribution in [0.15, 0.2) is 12.2 Å². The second kappa shape index (κ2) is 7.57. The average molecular weight is 381 g/mol. The Labute approximate surface area is 161 Å². The van der Waals surface area contributed by atoms with Gasteiger partial charge in [-0.05, 0) is 42.9 Å². The smallest absolute Gasteiger partial charge is 0.323 e. The molecule has 2 fully saturated rings. The van der Waals surface area contributed by atoms with Crippen molar-refractivity contribution in [3.63, 3.8) is 0 Å². The number of rotatable bonds is 5. The van der Waals surface area contributed by atoms with Crippen molar-refractivity contribution in [1.82, 2.24) is 0 Å². The van der Waals surface area contributed by atoms with E-state index < -0.39 is 10.7 Å². The van der Waals surface area contributed by atoms with Crippen LogP contribution >= 0.6 is 11.8 Å². The molecule has 4 nitrogen and oxygen atoms in total. The Hall–Kier alpha value is -0.970. The molecular formula is C21H32O4S. The third-order valence-corrected chi connectivity index (χ3v) is 8.78. The van der Waals surface area contributed by atoms with Crippen LogP contribution in [-0.4, -0.2) is 36.2 Å². The molecule has 3 aliphatic carbocycles. The number of allylic oxidation sites excluding steroid dienone is 2. The van der Waals surface area contributed by atoms with Crippen molar-refractivity contribution in [2.45, 2.75) is 56.5 Å². The molecule has 0 aromatic carbocycles. The van der Waals surface area contributed by atoms with Gasteiger partial charge < -0.3 is 9.47 Å². The Bertz CT molecular complexity index is 587. The first-order chi connectivity index (χ1) is 12.3. The summed E-state index contributed by atoms with van der Waals surface area (Å²) in [6.07, 6.45) is 8.61. The van der Waals surface area contributed by atoms with E-state index in [1.165, 1.54) is 27.1 Å². The van der Waals surface area contributed by atoms with Crippen LogP contribution in [-0.2, 0) is 19.1 Å². The number of methoxy groups -OCH3 is 2. The molecule has 0 heterocycles. The quantitative estimate of drug-likeness (QED) is 0.531. The molecule has 0 radical (unpaired) electrons. The fraction of sp³-hybridized carbons (Fsp3) is 0.810. The Kier molecular flexibility index (Phi) is 5.76. The van der Waals surface area contributed by atoms with Crippen LogP contribution in [0.3, 0.4) is 0 Å². The monoisotopic (exact) mass is 380 g/mol. The number of ether oxygens (including phenoxy) is 2. The molecule has 3 rings (SSSR count). The maximum absolute atomic E-state index is 13.1. The lowest BCUT2D eigenvalue weighted by molar-refractivity contribution is -0.155. The van der Waals surface area contributed by atoms with Gasteiger partial charge in [-0.2, -0.15) is 0 Å². The molecule has 7 atom stereocenters. The van der Waals surface area contributed by atoms with Crippen molar-refractivity contribution in [3.8, 4) is 0 Å². The normalized spacial score (nSPS) is 41.5. The van der Waals surface area contributed by atoms with Crippen LogP contribution in [0, 0.1) is 35.5 Å². The summed E-state index contributed by atoms with van der Waals surface area (Å²) in [6.45, 7) is 6.85. The first-order valence-electron chi connectivity index (χ1n) is 9.87. The van der Waals surface area contributed by atoms with Gasteiger partial charge in [0.1, 0.15) is 4.75 Å². The molecule has 0 aromatic rings. The van der Waals surface area contributed by atoms with Crippen molar-refractivity contribution in [2.24, 2.45) is 35.5 Å². The number of fused-ring (bicyclic) bond motifs is 2. The van der Waals surface area contributed by atoms with Gasteiger partial charge in [0, 0.05) is 11.2 Å². The molecule has 26 heavy (non-hydrogen) atoms. The van der Waals surface area contributed by atoms with Crippen LogP contribution in [0.5, 0.6) is 0 Å². The number of hydrogen-bond acceptors (Lipinski definition) is 5. The molecule has 0 spiro atoms. The number of esters is 2. The lowest BCUT2D eigenvalue weighted by Crippen LogP contribution is -2.52. The molecule has 0 amide bonds. The third-order valence-electron chi connectivity index (χ3n) is 6.82. The highest BCUT2D eigenvalue weighted by Gasteiger charge is 2.66. The lowest BCUT2D eigenvalue weighted by Gasteiger charge is -2.44. The molecule has 2 saturated carbocycles. The van der Waals surface area contributed by atoms with Crippen LogP contribution < -0.4 is 0 Å². The first-order valence-corrected chi connectivity index (χ1v) is 10.8. The van der Waals surface area contributed by atoms with E-state index in [9.17, 15) is 9.59 Å². The molecule has 3 aliphatic rings. The van der Waals surface area contributed by atoms with E-state index in [-0.39, 0.29) is 23.8 Å². The van der Waals surface area contributed by atoms with Crippen LogP contribution in [0.25, 0.3) is 0 Å². The lowest BCUT2D eigenvalue weighted by atomic mass is 9.77. The van der Waals surface area contributed by atoms with Gasteiger partial charge >= 0.3 is 11.9 Å². The Morgan fingerprint density at radius 1 is 1.12 bits per heavy atom. The van der Waals surface area contributed by atoms with Crippen molar-refractivity contribution in [1.29, 1.82) is 0 Å². The van der Waals surface area contributed by atoms with E-state index in [1.54, 1.807) is 11.8 Å². The van der Waals surface area contributed by atoms with E-state index in [1.807, 2.05) is 0 Å². The van der Waals surface area contributed by atoms with Gasteiger partial charge in [-0.25, -0.2) is 0 Å². The van der Waals surface area contributed by atoms with E-state index >= 15 is 0 Å². The summed E-state index contributed by atoms with van der Waals surface area (Å²) >= 11 is 1.74.